The van der Waals surface area contributed by atoms with Crippen molar-refractivity contribution in [2.45, 2.75) is 0 Å². The highest BCUT2D eigenvalue weighted by atomic mass is 35.5. The van der Waals surface area contributed by atoms with Crippen molar-refractivity contribution in [3.05, 3.63) is 63.2 Å². The molecule has 1 amide bonds. The number of carbonyl (C=O) groups excluding carboxylic acids is 1. The van der Waals surface area contributed by atoms with Crippen molar-refractivity contribution in [1.82, 2.24) is 4.90 Å². The number of hydrogen-bond acceptors (Lipinski definition) is 5. The zero-order valence-corrected chi connectivity index (χ0v) is 15.5. The van der Waals surface area contributed by atoms with Gasteiger partial charge in [-0.05, 0) is 24.3 Å². The van der Waals surface area contributed by atoms with E-state index in [4.69, 9.17) is 11.6 Å². The van der Waals surface area contributed by atoms with E-state index in [1.807, 2.05) is 9.80 Å². The minimum absolute atomic E-state index is 0.00645. The lowest BCUT2D eigenvalue weighted by atomic mass is 10.2. The van der Waals surface area contributed by atoms with Gasteiger partial charge in [-0.1, -0.05) is 11.6 Å². The maximum atomic E-state index is 13.6. The summed E-state index contributed by atoms with van der Waals surface area (Å²) in [4.78, 5) is 26.6. The summed E-state index contributed by atoms with van der Waals surface area (Å²) in [7, 11) is 0. The minimum Gasteiger partial charge on any atom is -0.363 e. The highest BCUT2D eigenvalue weighted by Crippen LogP contribution is 2.31. The Morgan fingerprint density at radius 1 is 1.14 bits per heavy atom. The second-order valence-corrected chi connectivity index (χ2v) is 6.76. The average Bonchev–Trinajstić information content (AvgIpc) is 2.65. The van der Waals surface area contributed by atoms with Crippen LogP contribution >= 0.6 is 11.6 Å². The molecule has 0 atom stereocenters. The molecule has 2 aromatic carbocycles. The molecule has 0 spiro atoms. The first-order valence-corrected chi connectivity index (χ1v) is 8.87. The molecule has 1 heterocycles. The van der Waals surface area contributed by atoms with Crippen LogP contribution in [0.5, 0.6) is 0 Å². The van der Waals surface area contributed by atoms with Crippen LogP contribution in [-0.4, -0.2) is 48.5 Å². The fourth-order valence-electron chi connectivity index (χ4n) is 3.04. The molecular weight excluding hydrogens is 394 g/mol. The highest BCUT2D eigenvalue weighted by molar-refractivity contribution is 6.30. The standard InChI is InChI=1S/C18H17ClF2N4O3/c19-12-1-4-16(17(9-12)25(27)28)24-7-5-23(6-8-24)11-18(26)22-15-10-13(20)2-3-14(15)21/h1-4,9-10H,5-8,11H2,(H,22,26). The lowest BCUT2D eigenvalue weighted by Gasteiger charge is -2.35. The largest absolute Gasteiger partial charge is 0.363 e. The van der Waals surface area contributed by atoms with Crippen LogP contribution in [0.3, 0.4) is 0 Å². The molecule has 1 aliphatic rings. The van der Waals surface area contributed by atoms with E-state index < -0.39 is 22.5 Å². The molecule has 2 aromatic rings. The van der Waals surface area contributed by atoms with Crippen molar-refractivity contribution in [3.8, 4) is 0 Å². The Hall–Kier alpha value is -2.78. The van der Waals surface area contributed by atoms with Crippen LogP contribution in [0.1, 0.15) is 0 Å². The third-order valence-corrected chi connectivity index (χ3v) is 4.65. The normalized spacial score (nSPS) is 14.8. The predicted octanol–water partition coefficient (Wildman–Crippen LogP) is 3.29. The first-order chi connectivity index (χ1) is 13.3. The molecular formula is C18H17ClF2N4O3. The third-order valence-electron chi connectivity index (χ3n) is 4.42. The number of nitro benzene ring substituents is 1. The Morgan fingerprint density at radius 3 is 2.54 bits per heavy atom. The summed E-state index contributed by atoms with van der Waals surface area (Å²) in [5, 5.41) is 13.9. The Morgan fingerprint density at radius 2 is 1.86 bits per heavy atom. The van der Waals surface area contributed by atoms with Crippen LogP contribution < -0.4 is 10.2 Å². The summed E-state index contributed by atoms with van der Waals surface area (Å²) in [6.07, 6.45) is 0. The van der Waals surface area contributed by atoms with Crippen LogP contribution in [0.2, 0.25) is 5.02 Å². The Kier molecular flexibility index (Phi) is 6.05. The van der Waals surface area contributed by atoms with Crippen molar-refractivity contribution >= 4 is 34.6 Å². The summed E-state index contributed by atoms with van der Waals surface area (Å²) >= 11 is 5.84. The number of benzene rings is 2. The van der Waals surface area contributed by atoms with Crippen LogP contribution in [-0.2, 0) is 4.79 Å². The van der Waals surface area contributed by atoms with Gasteiger partial charge in [0.2, 0.25) is 5.91 Å². The molecule has 3 rings (SSSR count). The molecule has 1 aliphatic heterocycles. The number of carbonyl (C=O) groups is 1. The maximum absolute atomic E-state index is 13.6. The van der Waals surface area contributed by atoms with Gasteiger partial charge >= 0.3 is 0 Å². The van der Waals surface area contributed by atoms with Crippen LogP contribution in [0, 0.1) is 21.7 Å². The highest BCUT2D eigenvalue weighted by Gasteiger charge is 2.25. The van der Waals surface area contributed by atoms with Crippen molar-refractivity contribution in [1.29, 1.82) is 0 Å². The van der Waals surface area contributed by atoms with Gasteiger partial charge in [0.05, 0.1) is 17.2 Å². The number of nitrogens with zero attached hydrogens (tertiary/aromatic N) is 3. The Bertz CT molecular complexity index is 904. The van der Waals surface area contributed by atoms with Crippen LogP contribution in [0.25, 0.3) is 0 Å². The Balaban J connectivity index is 1.58. The number of piperazine rings is 1. The molecule has 0 bridgehead atoms. The van der Waals surface area contributed by atoms with Gasteiger partial charge in [0.15, 0.2) is 0 Å². The van der Waals surface area contributed by atoms with E-state index in [-0.39, 0.29) is 22.9 Å². The van der Waals surface area contributed by atoms with Gasteiger partial charge in [-0.3, -0.25) is 19.8 Å². The van der Waals surface area contributed by atoms with Crippen molar-refractivity contribution in [2.75, 3.05) is 42.9 Å². The molecule has 0 aromatic heterocycles. The van der Waals surface area contributed by atoms with Crippen molar-refractivity contribution in [2.24, 2.45) is 0 Å². The topological polar surface area (TPSA) is 78.7 Å². The molecule has 1 fully saturated rings. The minimum atomic E-state index is -0.713. The SMILES string of the molecule is O=C(CN1CCN(c2ccc(Cl)cc2[N+](=O)[O-])CC1)Nc1cc(F)ccc1F. The van der Waals surface area contributed by atoms with E-state index >= 15 is 0 Å². The fraction of sp³-hybridized carbons (Fsp3) is 0.278. The molecule has 0 saturated carbocycles. The summed E-state index contributed by atoms with van der Waals surface area (Å²) < 4.78 is 26.8. The summed E-state index contributed by atoms with van der Waals surface area (Å²) in [6.45, 7) is 1.93. The van der Waals surface area contributed by atoms with Gasteiger partial charge in [-0.15, -0.1) is 0 Å². The lowest BCUT2D eigenvalue weighted by molar-refractivity contribution is -0.384. The number of halogens is 3. The molecule has 10 heteroatoms. The van der Waals surface area contributed by atoms with Gasteiger partial charge in [0.1, 0.15) is 17.3 Å². The molecule has 0 aliphatic carbocycles. The first-order valence-electron chi connectivity index (χ1n) is 8.49. The van der Waals surface area contributed by atoms with E-state index in [2.05, 4.69) is 5.32 Å². The Labute approximate surface area is 164 Å². The molecule has 0 radical (unpaired) electrons. The summed E-state index contributed by atoms with van der Waals surface area (Å²) in [5.41, 5.74) is 0.195. The number of anilines is 2. The monoisotopic (exact) mass is 410 g/mol. The molecule has 1 N–H and O–H groups in total. The zero-order chi connectivity index (χ0) is 20.3. The van der Waals surface area contributed by atoms with Gasteiger partial charge in [-0.25, -0.2) is 8.78 Å². The summed E-state index contributed by atoms with van der Waals surface area (Å²) in [6, 6.07) is 7.35. The second kappa shape index (κ2) is 8.49. The first kappa shape index (κ1) is 20.0. The van der Waals surface area contributed by atoms with Gasteiger partial charge in [-0.2, -0.15) is 0 Å². The summed E-state index contributed by atoms with van der Waals surface area (Å²) in [5.74, 6) is -1.82. The molecule has 0 unspecified atom stereocenters. The smallest absolute Gasteiger partial charge is 0.294 e. The number of nitrogens with one attached hydrogen (secondary N) is 1. The second-order valence-electron chi connectivity index (χ2n) is 6.33. The quantitative estimate of drug-likeness (QED) is 0.604. The van der Waals surface area contributed by atoms with Crippen LogP contribution in [0.15, 0.2) is 36.4 Å². The molecule has 148 valence electrons. The van der Waals surface area contributed by atoms with E-state index in [0.717, 1.165) is 18.2 Å². The molecule has 7 nitrogen and oxygen atoms in total. The van der Waals surface area contributed by atoms with E-state index in [1.54, 1.807) is 12.1 Å². The number of hydrogen-bond donors (Lipinski definition) is 1. The average molecular weight is 411 g/mol. The fourth-order valence-corrected chi connectivity index (χ4v) is 3.21. The van der Waals surface area contributed by atoms with Gasteiger partial charge in [0.25, 0.3) is 5.69 Å². The van der Waals surface area contributed by atoms with E-state index in [0.29, 0.717) is 31.9 Å². The lowest BCUT2D eigenvalue weighted by Crippen LogP contribution is -2.48. The maximum Gasteiger partial charge on any atom is 0.294 e. The number of nitro groups is 1. The van der Waals surface area contributed by atoms with Crippen molar-refractivity contribution < 1.29 is 18.5 Å². The van der Waals surface area contributed by atoms with Crippen LogP contribution in [0.4, 0.5) is 25.8 Å². The molecule has 28 heavy (non-hydrogen) atoms. The zero-order valence-electron chi connectivity index (χ0n) is 14.7. The number of rotatable bonds is 5. The van der Waals surface area contributed by atoms with E-state index in [1.165, 1.54) is 6.07 Å². The predicted molar refractivity (Wildman–Crippen MR) is 102 cm³/mol. The van der Waals surface area contributed by atoms with E-state index in [9.17, 15) is 23.7 Å². The third kappa shape index (κ3) is 4.73. The number of amides is 1. The molecule has 1 saturated heterocycles. The van der Waals surface area contributed by atoms with Crippen molar-refractivity contribution in [3.63, 3.8) is 0 Å². The van der Waals surface area contributed by atoms with Gasteiger partial charge in [0, 0.05) is 43.3 Å². The van der Waals surface area contributed by atoms with Gasteiger partial charge < -0.3 is 10.2 Å².